The van der Waals surface area contributed by atoms with E-state index in [0.29, 0.717) is 0 Å². The SMILES string of the molecule is Cc1c(Br)ncc(S(=O)(=O)Cl)c1C(F)F. The van der Waals surface area contributed by atoms with Crippen molar-refractivity contribution in [2.24, 2.45) is 0 Å². The maximum absolute atomic E-state index is 12.6. The van der Waals surface area contributed by atoms with Crippen LogP contribution in [0.5, 0.6) is 0 Å². The molecule has 0 aliphatic rings. The third-order valence-electron chi connectivity index (χ3n) is 1.75. The van der Waals surface area contributed by atoms with Gasteiger partial charge in [0.2, 0.25) is 0 Å². The molecule has 0 aromatic carbocycles. The van der Waals surface area contributed by atoms with Crippen molar-refractivity contribution in [1.82, 2.24) is 4.98 Å². The van der Waals surface area contributed by atoms with E-state index in [1.165, 1.54) is 6.92 Å². The predicted molar refractivity (Wildman–Crippen MR) is 54.7 cm³/mol. The van der Waals surface area contributed by atoms with Gasteiger partial charge in [-0.25, -0.2) is 22.2 Å². The van der Waals surface area contributed by atoms with Gasteiger partial charge in [0.15, 0.2) is 0 Å². The maximum Gasteiger partial charge on any atom is 0.265 e. The molecule has 15 heavy (non-hydrogen) atoms. The van der Waals surface area contributed by atoms with Gasteiger partial charge >= 0.3 is 0 Å². The minimum atomic E-state index is -4.21. The van der Waals surface area contributed by atoms with E-state index in [1.807, 2.05) is 0 Å². The van der Waals surface area contributed by atoms with Gasteiger partial charge in [0.25, 0.3) is 15.5 Å². The smallest absolute Gasteiger partial charge is 0.248 e. The van der Waals surface area contributed by atoms with Crippen molar-refractivity contribution < 1.29 is 17.2 Å². The first-order chi connectivity index (χ1) is 6.75. The van der Waals surface area contributed by atoms with E-state index in [-0.39, 0.29) is 10.2 Å². The monoisotopic (exact) mass is 319 g/mol. The average Bonchev–Trinajstić information content (AvgIpc) is 2.06. The van der Waals surface area contributed by atoms with Crippen LogP contribution in [0.2, 0.25) is 0 Å². The molecule has 1 heterocycles. The highest BCUT2D eigenvalue weighted by Crippen LogP contribution is 2.33. The Bertz CT molecular complexity index is 492. The van der Waals surface area contributed by atoms with Crippen molar-refractivity contribution in [2.75, 3.05) is 0 Å². The van der Waals surface area contributed by atoms with Crippen molar-refractivity contribution in [1.29, 1.82) is 0 Å². The molecule has 0 aliphatic heterocycles. The molecule has 0 amide bonds. The molecule has 0 saturated heterocycles. The standard InChI is InChI=1S/C7H5BrClF2NO2S/c1-3-5(7(10)11)4(15(9,13)14)2-12-6(3)8/h2,7H,1H3. The molecular weight excluding hydrogens is 316 g/mol. The average molecular weight is 321 g/mol. The molecule has 1 aromatic rings. The second kappa shape index (κ2) is 4.31. The fourth-order valence-corrected chi connectivity index (χ4v) is 2.41. The highest BCUT2D eigenvalue weighted by molar-refractivity contribution is 9.10. The minimum Gasteiger partial charge on any atom is -0.248 e. The zero-order valence-electron chi connectivity index (χ0n) is 7.34. The third kappa shape index (κ3) is 2.64. The summed E-state index contributed by atoms with van der Waals surface area (Å²) in [7, 11) is 0.807. The molecule has 0 spiro atoms. The van der Waals surface area contributed by atoms with Gasteiger partial charge in [-0.15, -0.1) is 0 Å². The molecule has 0 atom stereocenters. The van der Waals surface area contributed by atoms with Crippen molar-refractivity contribution in [3.63, 3.8) is 0 Å². The molecule has 8 heteroatoms. The van der Waals surface area contributed by atoms with Crippen LogP contribution in [0.4, 0.5) is 8.78 Å². The summed E-state index contributed by atoms with van der Waals surface area (Å²) >= 11 is 2.93. The lowest BCUT2D eigenvalue weighted by Crippen LogP contribution is -2.03. The van der Waals surface area contributed by atoms with Crippen molar-refractivity contribution in [2.45, 2.75) is 18.2 Å². The first-order valence-electron chi connectivity index (χ1n) is 3.63. The van der Waals surface area contributed by atoms with Crippen LogP contribution in [0.1, 0.15) is 17.6 Å². The Morgan fingerprint density at radius 3 is 2.47 bits per heavy atom. The summed E-state index contributed by atoms with van der Waals surface area (Å²) in [5.41, 5.74) is -0.557. The van der Waals surface area contributed by atoms with Crippen molar-refractivity contribution in [3.8, 4) is 0 Å². The number of nitrogens with zero attached hydrogens (tertiary/aromatic N) is 1. The maximum atomic E-state index is 12.6. The molecule has 1 rings (SSSR count). The van der Waals surface area contributed by atoms with Crippen LogP contribution >= 0.6 is 26.6 Å². The highest BCUT2D eigenvalue weighted by Gasteiger charge is 2.25. The number of alkyl halides is 2. The summed E-state index contributed by atoms with van der Waals surface area (Å²) in [5, 5.41) is 0. The van der Waals surface area contributed by atoms with Gasteiger partial charge in [0, 0.05) is 22.4 Å². The summed E-state index contributed by atoms with van der Waals surface area (Å²) in [6, 6.07) is 0. The van der Waals surface area contributed by atoms with E-state index in [1.54, 1.807) is 0 Å². The van der Waals surface area contributed by atoms with Crippen LogP contribution in [0.25, 0.3) is 0 Å². The van der Waals surface area contributed by atoms with Gasteiger partial charge in [0.1, 0.15) is 9.50 Å². The Hall–Kier alpha value is -0.270. The van der Waals surface area contributed by atoms with E-state index in [4.69, 9.17) is 10.7 Å². The molecule has 0 radical (unpaired) electrons. The minimum absolute atomic E-state index is 0.0618. The van der Waals surface area contributed by atoms with Gasteiger partial charge in [-0.1, -0.05) is 0 Å². The summed E-state index contributed by atoms with van der Waals surface area (Å²) in [4.78, 5) is 2.95. The Labute approximate surface area is 98.0 Å². The quantitative estimate of drug-likeness (QED) is 0.621. The number of hydrogen-bond acceptors (Lipinski definition) is 3. The number of hydrogen-bond donors (Lipinski definition) is 0. The van der Waals surface area contributed by atoms with Gasteiger partial charge < -0.3 is 0 Å². The van der Waals surface area contributed by atoms with Crippen LogP contribution in [0.3, 0.4) is 0 Å². The van der Waals surface area contributed by atoms with E-state index < -0.39 is 25.9 Å². The molecule has 0 aliphatic carbocycles. The first kappa shape index (κ1) is 12.8. The van der Waals surface area contributed by atoms with Crippen LogP contribution in [-0.4, -0.2) is 13.4 Å². The Morgan fingerprint density at radius 2 is 2.07 bits per heavy atom. The molecule has 84 valence electrons. The molecule has 0 fully saturated rings. The summed E-state index contributed by atoms with van der Waals surface area (Å²) in [6.07, 6.45) is -2.12. The predicted octanol–water partition coefficient (Wildman–Crippen LogP) is 3.02. The lowest BCUT2D eigenvalue weighted by Gasteiger charge is -2.09. The second-order valence-electron chi connectivity index (χ2n) is 2.69. The third-order valence-corrected chi connectivity index (χ3v) is 3.90. The van der Waals surface area contributed by atoms with Gasteiger partial charge in [-0.05, 0) is 28.4 Å². The summed E-state index contributed by atoms with van der Waals surface area (Å²) < 4.78 is 47.4. The van der Waals surface area contributed by atoms with Crippen LogP contribution < -0.4 is 0 Å². The Kier molecular flexibility index (Phi) is 3.67. The largest absolute Gasteiger partial charge is 0.265 e. The van der Waals surface area contributed by atoms with Crippen LogP contribution in [0, 0.1) is 6.92 Å². The summed E-state index contributed by atoms with van der Waals surface area (Å²) in [6.45, 7) is 1.34. The van der Waals surface area contributed by atoms with Gasteiger partial charge in [-0.2, -0.15) is 0 Å². The van der Waals surface area contributed by atoms with Crippen molar-refractivity contribution >= 4 is 35.7 Å². The Balaban J connectivity index is 3.62. The van der Waals surface area contributed by atoms with Crippen LogP contribution in [-0.2, 0) is 9.05 Å². The van der Waals surface area contributed by atoms with E-state index in [0.717, 1.165) is 6.20 Å². The van der Waals surface area contributed by atoms with Gasteiger partial charge in [-0.3, -0.25) is 0 Å². The number of aromatic nitrogens is 1. The second-order valence-corrected chi connectivity index (χ2v) is 5.98. The molecule has 3 nitrogen and oxygen atoms in total. The highest BCUT2D eigenvalue weighted by atomic mass is 79.9. The van der Waals surface area contributed by atoms with Gasteiger partial charge in [0.05, 0.1) is 0 Å². The molecule has 0 unspecified atom stereocenters. The zero-order valence-corrected chi connectivity index (χ0v) is 10.5. The molecule has 0 saturated carbocycles. The molecule has 0 N–H and O–H groups in total. The molecular formula is C7H5BrClF2NO2S. The number of halogens is 4. The molecule has 1 aromatic heterocycles. The fraction of sp³-hybridized carbons (Fsp3) is 0.286. The summed E-state index contributed by atoms with van der Waals surface area (Å²) in [5.74, 6) is 0. The Morgan fingerprint density at radius 1 is 1.53 bits per heavy atom. The fourth-order valence-electron chi connectivity index (χ4n) is 1.04. The lowest BCUT2D eigenvalue weighted by molar-refractivity contribution is 0.147. The first-order valence-corrected chi connectivity index (χ1v) is 6.73. The van der Waals surface area contributed by atoms with Crippen LogP contribution in [0.15, 0.2) is 15.7 Å². The lowest BCUT2D eigenvalue weighted by atomic mass is 10.2. The van der Waals surface area contributed by atoms with E-state index in [9.17, 15) is 17.2 Å². The topological polar surface area (TPSA) is 47.0 Å². The normalized spacial score (nSPS) is 12.1. The number of rotatable bonds is 2. The van der Waals surface area contributed by atoms with E-state index in [2.05, 4.69) is 20.9 Å². The van der Waals surface area contributed by atoms with Crippen molar-refractivity contribution in [3.05, 3.63) is 21.9 Å². The molecule has 0 bridgehead atoms. The van der Waals surface area contributed by atoms with E-state index >= 15 is 0 Å². The number of pyridine rings is 1. The zero-order chi connectivity index (χ0) is 11.8.